The number of ether oxygens (including phenoxy) is 1. The molecule has 2 aromatic carbocycles. The van der Waals surface area contributed by atoms with E-state index >= 15 is 0 Å². The first-order chi connectivity index (χ1) is 20.0. The van der Waals surface area contributed by atoms with Crippen molar-refractivity contribution in [3.8, 4) is 5.75 Å². The minimum atomic E-state index is -4.68. The maximum atomic E-state index is 13.5. The second-order valence-electron chi connectivity index (χ2n) is 11.0. The van der Waals surface area contributed by atoms with Gasteiger partial charge in [-0.25, -0.2) is 4.79 Å². The lowest BCUT2D eigenvalue weighted by atomic mass is 9.63. The molecule has 14 nitrogen and oxygen atoms in total. The van der Waals surface area contributed by atoms with Crippen molar-refractivity contribution in [2.45, 2.75) is 34.1 Å². The molecule has 0 bridgehead atoms. The summed E-state index contributed by atoms with van der Waals surface area (Å²) in [5.41, 5.74) is 3.57. The van der Waals surface area contributed by atoms with Crippen LogP contribution in [0, 0.1) is 22.7 Å². The maximum absolute atomic E-state index is 13.5. The van der Waals surface area contributed by atoms with E-state index < -0.39 is 62.8 Å². The van der Waals surface area contributed by atoms with Crippen molar-refractivity contribution in [2.75, 3.05) is 23.4 Å². The number of nitrogens with zero attached hydrogens (tertiary/aromatic N) is 1. The molecule has 232 valence electrons. The Morgan fingerprint density at radius 1 is 1.00 bits per heavy atom. The molecule has 2 aromatic rings. The van der Waals surface area contributed by atoms with E-state index in [1.54, 1.807) is 37.3 Å². The van der Waals surface area contributed by atoms with Gasteiger partial charge in [-0.05, 0) is 63.6 Å². The zero-order valence-corrected chi connectivity index (χ0v) is 24.8. The number of para-hydroxylation sites is 1. The zero-order chi connectivity index (χ0) is 32.2. The summed E-state index contributed by atoms with van der Waals surface area (Å²) >= 11 is 0. The number of carbonyl (C=O) groups excluding carboxylic acids is 5. The Morgan fingerprint density at radius 3 is 2.16 bits per heavy atom. The number of imide groups is 1. The standard InChI is InChI=1S/C28H34N4O10S/c1-17-21(23(34)32(22(17)33)19-8-6-5-7-9-19)28(4,24(29)35)16-27(2,3)25(36)41-15-14-30-26(37)31-18-10-12-20(13-11-18)42-43(38,39)40/h5-13,17,21H,14-16H2,1-4H3,(H2,29,35)(H2,30,31,37)(H,38,39,40). The van der Waals surface area contributed by atoms with Gasteiger partial charge in [-0.1, -0.05) is 25.1 Å². The number of primary amides is 1. The van der Waals surface area contributed by atoms with Crippen molar-refractivity contribution >= 4 is 51.5 Å². The average molecular weight is 619 g/mol. The molecular weight excluding hydrogens is 584 g/mol. The summed E-state index contributed by atoms with van der Waals surface area (Å²) in [5.74, 6) is -4.73. The van der Waals surface area contributed by atoms with Crippen LogP contribution in [0.25, 0.3) is 0 Å². The van der Waals surface area contributed by atoms with Crippen LogP contribution in [0.2, 0.25) is 0 Å². The molecule has 15 heteroatoms. The molecule has 1 heterocycles. The summed E-state index contributed by atoms with van der Waals surface area (Å²) in [6.07, 6.45) is -0.184. The van der Waals surface area contributed by atoms with Gasteiger partial charge in [0.15, 0.2) is 0 Å². The van der Waals surface area contributed by atoms with Gasteiger partial charge in [-0.3, -0.25) is 28.6 Å². The van der Waals surface area contributed by atoms with Crippen LogP contribution in [0.4, 0.5) is 16.2 Å². The van der Waals surface area contributed by atoms with Crippen LogP contribution >= 0.6 is 0 Å². The summed E-state index contributed by atoms with van der Waals surface area (Å²) in [4.78, 5) is 65.6. The second-order valence-corrected chi connectivity index (χ2v) is 12.0. The van der Waals surface area contributed by atoms with Crippen molar-refractivity contribution in [1.82, 2.24) is 5.32 Å². The number of esters is 1. The predicted molar refractivity (Wildman–Crippen MR) is 154 cm³/mol. The third-order valence-electron chi connectivity index (χ3n) is 7.16. The molecule has 3 atom stereocenters. The molecule has 0 aliphatic carbocycles. The lowest BCUT2D eigenvalue weighted by Crippen LogP contribution is -2.49. The number of carbonyl (C=O) groups is 5. The molecule has 43 heavy (non-hydrogen) atoms. The van der Waals surface area contributed by atoms with Gasteiger partial charge < -0.3 is 25.3 Å². The number of benzene rings is 2. The van der Waals surface area contributed by atoms with Crippen molar-refractivity contribution in [3.63, 3.8) is 0 Å². The lowest BCUT2D eigenvalue weighted by Gasteiger charge is -2.38. The van der Waals surface area contributed by atoms with Gasteiger partial charge in [0.2, 0.25) is 17.7 Å². The number of urea groups is 1. The fraction of sp³-hybridized carbons (Fsp3) is 0.393. The summed E-state index contributed by atoms with van der Waals surface area (Å²) in [5, 5.41) is 4.96. The van der Waals surface area contributed by atoms with Crippen LogP contribution in [-0.2, 0) is 34.3 Å². The van der Waals surface area contributed by atoms with E-state index in [2.05, 4.69) is 14.8 Å². The number of hydrogen-bond acceptors (Lipinski definition) is 9. The smallest absolute Gasteiger partial charge is 0.446 e. The molecule has 0 radical (unpaired) electrons. The van der Waals surface area contributed by atoms with Crippen molar-refractivity contribution < 1.29 is 45.9 Å². The van der Waals surface area contributed by atoms with E-state index in [-0.39, 0.29) is 31.0 Å². The van der Waals surface area contributed by atoms with E-state index in [1.807, 2.05) is 0 Å². The molecule has 0 spiro atoms. The van der Waals surface area contributed by atoms with Crippen LogP contribution in [-0.4, -0.2) is 55.8 Å². The van der Waals surface area contributed by atoms with Crippen molar-refractivity contribution in [2.24, 2.45) is 28.4 Å². The van der Waals surface area contributed by atoms with Gasteiger partial charge >= 0.3 is 22.4 Å². The highest BCUT2D eigenvalue weighted by atomic mass is 32.3. The first-order valence-electron chi connectivity index (χ1n) is 13.2. The minimum absolute atomic E-state index is 0.0800. The minimum Gasteiger partial charge on any atom is -0.463 e. The number of amides is 5. The fourth-order valence-electron chi connectivity index (χ4n) is 5.20. The summed E-state index contributed by atoms with van der Waals surface area (Å²) in [6.45, 7) is 5.80. The Kier molecular flexibility index (Phi) is 9.82. The normalized spacial score (nSPS) is 18.5. The fourth-order valence-corrected chi connectivity index (χ4v) is 5.55. The van der Waals surface area contributed by atoms with E-state index in [4.69, 9.17) is 15.0 Å². The number of rotatable bonds is 12. The van der Waals surface area contributed by atoms with Gasteiger partial charge in [0.25, 0.3) is 0 Å². The third kappa shape index (κ3) is 7.87. The Labute approximate surface area is 248 Å². The maximum Gasteiger partial charge on any atom is 0.446 e. The van der Waals surface area contributed by atoms with E-state index in [0.29, 0.717) is 5.69 Å². The molecule has 5 N–H and O–H groups in total. The molecule has 3 rings (SSSR count). The molecule has 1 aliphatic heterocycles. The van der Waals surface area contributed by atoms with Crippen LogP contribution in [0.1, 0.15) is 34.1 Å². The van der Waals surface area contributed by atoms with Gasteiger partial charge in [-0.15, -0.1) is 0 Å². The summed E-state index contributed by atoms with van der Waals surface area (Å²) in [6, 6.07) is 12.8. The molecule has 1 fully saturated rings. The second kappa shape index (κ2) is 12.8. The highest BCUT2D eigenvalue weighted by molar-refractivity contribution is 7.81. The van der Waals surface area contributed by atoms with E-state index in [1.165, 1.54) is 45.0 Å². The average Bonchev–Trinajstić information content (AvgIpc) is 3.14. The lowest BCUT2D eigenvalue weighted by molar-refractivity contribution is -0.158. The SMILES string of the molecule is CC1C(=O)N(c2ccccc2)C(=O)C1C(C)(CC(C)(C)C(=O)OCCNC(=O)Nc1ccc(OS(=O)(=O)O)cc1)C(N)=O. The summed E-state index contributed by atoms with van der Waals surface area (Å²) < 4.78 is 39.8. The molecule has 1 aliphatic rings. The Balaban J connectivity index is 1.58. The zero-order valence-electron chi connectivity index (χ0n) is 24.0. The van der Waals surface area contributed by atoms with Gasteiger partial charge in [-0.2, -0.15) is 8.42 Å². The van der Waals surface area contributed by atoms with Crippen LogP contribution < -0.4 is 25.5 Å². The Bertz CT molecular complexity index is 1500. The highest BCUT2D eigenvalue weighted by Crippen LogP contribution is 2.47. The van der Waals surface area contributed by atoms with Crippen molar-refractivity contribution in [1.29, 1.82) is 0 Å². The molecule has 5 amide bonds. The number of nitrogens with one attached hydrogen (secondary N) is 2. The number of hydrogen-bond donors (Lipinski definition) is 4. The quantitative estimate of drug-likeness (QED) is 0.118. The van der Waals surface area contributed by atoms with Crippen LogP contribution in [0.3, 0.4) is 0 Å². The van der Waals surface area contributed by atoms with Crippen LogP contribution in [0.5, 0.6) is 5.75 Å². The Hall–Kier alpha value is -4.50. The first-order valence-corrected chi connectivity index (χ1v) is 14.5. The Morgan fingerprint density at radius 2 is 1.60 bits per heavy atom. The molecular formula is C28H34N4O10S. The molecule has 3 unspecified atom stereocenters. The van der Waals surface area contributed by atoms with Gasteiger partial charge in [0.05, 0.1) is 29.0 Å². The van der Waals surface area contributed by atoms with Gasteiger partial charge in [0.1, 0.15) is 12.4 Å². The van der Waals surface area contributed by atoms with E-state index in [0.717, 1.165) is 4.90 Å². The highest BCUT2D eigenvalue weighted by Gasteiger charge is 2.58. The largest absolute Gasteiger partial charge is 0.463 e. The third-order valence-corrected chi connectivity index (χ3v) is 7.56. The first kappa shape index (κ1) is 33.0. The van der Waals surface area contributed by atoms with Gasteiger partial charge in [0, 0.05) is 11.6 Å². The summed E-state index contributed by atoms with van der Waals surface area (Å²) in [7, 11) is -4.68. The molecule has 0 aromatic heterocycles. The molecule has 1 saturated heterocycles. The molecule has 0 saturated carbocycles. The monoisotopic (exact) mass is 618 g/mol. The topological polar surface area (TPSA) is 212 Å². The number of anilines is 2. The van der Waals surface area contributed by atoms with Crippen LogP contribution in [0.15, 0.2) is 54.6 Å². The van der Waals surface area contributed by atoms with E-state index in [9.17, 15) is 32.4 Å². The predicted octanol–water partition coefficient (Wildman–Crippen LogP) is 2.27. The van der Waals surface area contributed by atoms with Crippen molar-refractivity contribution in [3.05, 3.63) is 54.6 Å². The number of nitrogens with two attached hydrogens (primary N) is 1.